The van der Waals surface area contributed by atoms with Crippen molar-refractivity contribution in [3.05, 3.63) is 146 Å². The van der Waals surface area contributed by atoms with Crippen LogP contribution in [0.4, 0.5) is 4.79 Å². The van der Waals surface area contributed by atoms with Gasteiger partial charge in [-0.05, 0) is 103 Å². The number of hydrogen-bond donors (Lipinski definition) is 1. The fourth-order valence-corrected chi connectivity index (χ4v) is 30.8. The Hall–Kier alpha value is -5.19. The topological polar surface area (TPSA) is 210 Å². The summed E-state index contributed by atoms with van der Waals surface area (Å²) in [5, 5.41) is 3.26. The van der Waals surface area contributed by atoms with Crippen LogP contribution in [-0.4, -0.2) is 168 Å². The van der Waals surface area contributed by atoms with Gasteiger partial charge in [-0.15, -0.1) is 0 Å². The van der Waals surface area contributed by atoms with E-state index in [2.05, 4.69) is 155 Å². The predicted octanol–water partition coefficient (Wildman–Crippen LogP) is 20.2. The lowest BCUT2D eigenvalue weighted by atomic mass is 9.82. The number of fused-ring (bicyclic) bond motifs is 6. The molecule has 6 rings (SSSR count). The number of cyclic esters (lactones) is 1. The molecule has 5 heterocycles. The summed E-state index contributed by atoms with van der Waals surface area (Å²) in [6, 6.07) is 11.6. The molecule has 1 amide bonds. The highest BCUT2D eigenvalue weighted by molar-refractivity contribution is 6.82. The average Bonchev–Trinajstić information content (AvgIpc) is 0.748. The van der Waals surface area contributed by atoms with Crippen LogP contribution >= 0.6 is 0 Å². The first-order valence-corrected chi connectivity index (χ1v) is 49.6. The molecule has 0 saturated carbocycles. The molecule has 0 radical (unpaired) electrons. The van der Waals surface area contributed by atoms with E-state index in [1.165, 1.54) is 6.08 Å². The maximum atomic E-state index is 15.5. The first-order chi connectivity index (χ1) is 53.3. The van der Waals surface area contributed by atoms with Crippen molar-refractivity contribution in [3.63, 3.8) is 0 Å². The Balaban J connectivity index is 1.57. The standard InChI is InChI=1S/C90H145NO18Si3/c1-24-52-97-86(94)81-78-55-73(105-87-83(106-85(93)70-46-48-71(49-47-70)89(20,21)22)82(91-88(95)98-53-25-2)84(69(19)104-87)110(26-3,27-4)62(9)10)45-43-41-39-37-35-33-32-34-36-38-40-42-44-65(15)66(16)67(17)68(18)103-80(92)57-74-54-72(99-60-100-74)50-51-76(108-111(28-5,29-6)63(11)12)77-56-75(101-61-102-77)58-90(96-23,107-78)59-79(81)109-112(30-7,31-8)64(13)14/h24-25,32-49,62-69,72-79,81-84,87H,1-2,26-31,50-61H2,3-23H3,(H,91,95)/b33-32+,36-34+,37-35+,40-38+,41-39+,44-42+,45-43+/t65-,66+,67+,68-,69+,72+,73-,74+,75-,76+,77+,78?,79-,81-,82+,83-,84+,87-,90+/m0/s1. The van der Waals surface area contributed by atoms with Gasteiger partial charge in [0.25, 0.3) is 0 Å². The highest BCUT2D eigenvalue weighted by atomic mass is 28.4. The smallest absolute Gasteiger partial charge is 0.407 e. The number of amides is 1. The van der Waals surface area contributed by atoms with E-state index in [9.17, 15) is 9.59 Å². The number of hydrogen-bond acceptors (Lipinski definition) is 18. The molecule has 19 atom stereocenters. The Bertz CT molecular complexity index is 3270. The Labute approximate surface area is 677 Å². The first-order valence-electron chi connectivity index (χ1n) is 42.2. The van der Waals surface area contributed by atoms with Crippen molar-refractivity contribution in [2.45, 2.75) is 339 Å². The third-order valence-electron chi connectivity index (χ3n) is 25.6. The molecule has 0 aromatic heterocycles. The van der Waals surface area contributed by atoms with Crippen molar-refractivity contribution >= 4 is 48.7 Å². The Morgan fingerprint density at radius 2 is 1.16 bits per heavy atom. The van der Waals surface area contributed by atoms with E-state index >= 15 is 9.59 Å². The molecular weight excluding hydrogens is 1470 g/mol. The van der Waals surface area contributed by atoms with Gasteiger partial charge < -0.3 is 71.0 Å². The summed E-state index contributed by atoms with van der Waals surface area (Å²) in [5.41, 5.74) is 1.49. The van der Waals surface area contributed by atoms with Crippen LogP contribution in [0.3, 0.4) is 0 Å². The fourth-order valence-electron chi connectivity index (χ4n) is 17.7. The zero-order chi connectivity index (χ0) is 82.6. The van der Waals surface area contributed by atoms with E-state index in [-0.39, 0.29) is 123 Å². The highest BCUT2D eigenvalue weighted by Crippen LogP contribution is 2.51. The molecule has 1 N–H and O–H groups in total. The Morgan fingerprint density at radius 3 is 1.71 bits per heavy atom. The molecule has 22 heteroatoms. The number of carbonyl (C=O) groups is 4. The number of methoxy groups -OCH3 is 1. The van der Waals surface area contributed by atoms with Crippen molar-refractivity contribution in [1.29, 1.82) is 0 Å². The summed E-state index contributed by atoms with van der Waals surface area (Å²) in [6.45, 7) is 51.3. The summed E-state index contributed by atoms with van der Waals surface area (Å²) in [4.78, 5) is 58.8. The SMILES string of the molecule is C=CCOC(=O)N[C@@H]1[C@H](OC(=O)c2ccc(C(C)(C)C)cc2)[C@H](O[C@H]2/C=C/C=C/C=C/C=C/C=C/C=C/C=C/[C@H](C)[C@@H](C)[C@@H](C)[C@H](C)OC(=O)C[C@H]3C[C@@H](CC[C@@H](O[Si](CC)(CC)C(C)C)[C@H]4C[C@@H](C[C@]5(OC)C[C@H](O[Si](CC)(CC)C(C)C)[C@@H](C(=O)OCC=C)C(C2)O5)OCO4)OCO3)O[C@H](C)[C@H]1[Si](CC)(CC)C(C)C. The van der Waals surface area contributed by atoms with E-state index < -0.39 is 110 Å². The monoisotopic (exact) mass is 1610 g/mol. The molecule has 6 bridgehead atoms. The number of alkyl carbamates (subject to hydrolysis) is 1. The second-order valence-electron chi connectivity index (χ2n) is 33.8. The summed E-state index contributed by atoms with van der Waals surface area (Å²) >= 11 is 0. The molecule has 1 aromatic carbocycles. The average molecular weight is 1610 g/mol. The Kier molecular flexibility index (Phi) is 39.4. The van der Waals surface area contributed by atoms with E-state index in [1.54, 1.807) is 25.3 Å². The van der Waals surface area contributed by atoms with Gasteiger partial charge in [-0.2, -0.15) is 0 Å². The van der Waals surface area contributed by atoms with Crippen LogP contribution in [0.2, 0.25) is 58.4 Å². The second kappa shape index (κ2) is 46.1. The van der Waals surface area contributed by atoms with Crippen LogP contribution in [0, 0.1) is 23.7 Å². The molecule has 5 aliphatic heterocycles. The van der Waals surface area contributed by atoms with Crippen molar-refractivity contribution in [3.8, 4) is 0 Å². The fraction of sp³-hybridized carbons (Fsp3) is 0.689. The second-order valence-corrected chi connectivity index (χ2v) is 49.4. The number of benzene rings is 1. The van der Waals surface area contributed by atoms with Crippen molar-refractivity contribution in [1.82, 2.24) is 5.32 Å². The van der Waals surface area contributed by atoms with Crippen LogP contribution in [0.25, 0.3) is 0 Å². The van der Waals surface area contributed by atoms with Crippen LogP contribution in [0.1, 0.15) is 206 Å². The van der Waals surface area contributed by atoms with Gasteiger partial charge >= 0.3 is 24.0 Å². The molecule has 5 aliphatic rings. The minimum absolute atomic E-state index is 0.0105. The summed E-state index contributed by atoms with van der Waals surface area (Å²) < 4.78 is 95.7. The number of carbonyl (C=O) groups excluding carboxylic acids is 4. The molecule has 19 nitrogen and oxygen atoms in total. The summed E-state index contributed by atoms with van der Waals surface area (Å²) in [6.07, 6.45) is 24.3. The third kappa shape index (κ3) is 26.4. The highest BCUT2D eigenvalue weighted by Gasteiger charge is 2.59. The van der Waals surface area contributed by atoms with Crippen LogP contribution in [0.5, 0.6) is 0 Å². The lowest BCUT2D eigenvalue weighted by Crippen LogP contribution is -2.67. The Morgan fingerprint density at radius 1 is 0.616 bits per heavy atom. The molecular formula is C90H145NO18Si3. The van der Waals surface area contributed by atoms with Gasteiger partial charge in [0.15, 0.2) is 34.8 Å². The molecule has 4 saturated heterocycles. The number of esters is 3. The summed E-state index contributed by atoms with van der Waals surface area (Å²) in [7, 11) is -5.98. The molecule has 0 spiro atoms. The minimum Gasteiger partial charge on any atom is -0.462 e. The van der Waals surface area contributed by atoms with Crippen LogP contribution in [0.15, 0.2) is 135 Å². The van der Waals surface area contributed by atoms with Gasteiger partial charge in [-0.3, -0.25) is 9.59 Å². The van der Waals surface area contributed by atoms with Gasteiger partial charge in [-0.25, -0.2) is 9.59 Å². The van der Waals surface area contributed by atoms with E-state index in [0.717, 1.165) is 41.8 Å². The van der Waals surface area contributed by atoms with Gasteiger partial charge in [0.2, 0.25) is 0 Å². The predicted molar refractivity (Wildman–Crippen MR) is 453 cm³/mol. The van der Waals surface area contributed by atoms with Crippen molar-refractivity contribution in [2.24, 2.45) is 23.7 Å². The molecule has 0 aliphatic carbocycles. The molecule has 112 heavy (non-hydrogen) atoms. The van der Waals surface area contributed by atoms with Gasteiger partial charge in [0, 0.05) is 44.8 Å². The number of rotatable bonds is 25. The van der Waals surface area contributed by atoms with Crippen molar-refractivity contribution < 1.29 is 84.9 Å². The minimum atomic E-state index is -2.70. The number of ether oxygens (including phenoxy) is 12. The number of nitrogens with one attached hydrogen (secondary N) is 1. The molecule has 630 valence electrons. The van der Waals surface area contributed by atoms with Crippen LogP contribution in [-0.2, 0) is 80.7 Å². The van der Waals surface area contributed by atoms with Gasteiger partial charge in [0.1, 0.15) is 38.8 Å². The van der Waals surface area contributed by atoms with Crippen molar-refractivity contribution in [2.75, 3.05) is 33.9 Å². The van der Waals surface area contributed by atoms with E-state index in [4.69, 9.17) is 65.7 Å². The quantitative estimate of drug-likeness (QED) is 0.0417. The van der Waals surface area contributed by atoms with Gasteiger partial charge in [-0.1, -0.05) is 265 Å². The molecule has 1 aromatic rings. The molecule has 4 fully saturated rings. The van der Waals surface area contributed by atoms with Crippen LogP contribution < -0.4 is 5.32 Å². The lowest BCUT2D eigenvalue weighted by Gasteiger charge is -2.54. The van der Waals surface area contributed by atoms with E-state index in [1.807, 2.05) is 98.9 Å². The van der Waals surface area contributed by atoms with E-state index in [0.29, 0.717) is 36.8 Å². The summed E-state index contributed by atoms with van der Waals surface area (Å²) in [5.74, 6) is -3.41. The maximum absolute atomic E-state index is 15.5. The zero-order valence-corrected chi connectivity index (χ0v) is 75.2. The normalized spacial score (nSPS) is 32.9. The maximum Gasteiger partial charge on any atom is 0.407 e. The van der Waals surface area contributed by atoms with Gasteiger partial charge in [0.05, 0.1) is 81.0 Å². The zero-order valence-electron chi connectivity index (χ0n) is 72.2. The largest absolute Gasteiger partial charge is 0.462 e. The molecule has 1 unspecified atom stereocenters. The first kappa shape index (κ1) is 95.7. The lowest BCUT2D eigenvalue weighted by molar-refractivity contribution is -0.322. The third-order valence-corrected chi connectivity index (χ3v) is 43.2. The number of allylic oxidation sites excluding steroid dienone is 13.